The predicted molar refractivity (Wildman–Crippen MR) is 61.3 cm³/mol. The summed E-state index contributed by atoms with van der Waals surface area (Å²) in [5.41, 5.74) is 3.41. The van der Waals surface area contributed by atoms with E-state index in [0.717, 1.165) is 38.1 Å². The van der Waals surface area contributed by atoms with Crippen LogP contribution in [0.1, 0.15) is 33.1 Å². The number of hydrazone groups is 1. The topological polar surface area (TPSA) is 62.7 Å². The Kier molecular flexibility index (Phi) is 3.25. The molecule has 2 saturated heterocycles. The number of carbonyl (C=O) groups excluding carboxylic acids is 1. The van der Waals surface area contributed by atoms with E-state index in [4.69, 9.17) is 4.74 Å². The second-order valence-electron chi connectivity index (χ2n) is 4.64. The molecule has 5 nitrogen and oxygen atoms in total. The van der Waals surface area contributed by atoms with Gasteiger partial charge in [0.15, 0.2) is 0 Å². The van der Waals surface area contributed by atoms with Crippen LogP contribution in [0.3, 0.4) is 0 Å². The molecular formula is C11H19N3O2. The quantitative estimate of drug-likeness (QED) is 0.635. The monoisotopic (exact) mass is 225 g/mol. The molecule has 5 heteroatoms. The lowest BCUT2D eigenvalue weighted by Gasteiger charge is -2.32. The van der Waals surface area contributed by atoms with Crippen LogP contribution in [0.15, 0.2) is 5.10 Å². The molecule has 2 heterocycles. The van der Waals surface area contributed by atoms with Gasteiger partial charge in [0.1, 0.15) is 0 Å². The number of hydrogen-bond acceptors (Lipinski definition) is 4. The van der Waals surface area contributed by atoms with Crippen molar-refractivity contribution in [3.63, 3.8) is 0 Å². The molecule has 2 rings (SSSR count). The Morgan fingerprint density at radius 3 is 2.88 bits per heavy atom. The standard InChI is InChI=1S/C11H19N3O2/c1-8-10(14-13-9(2)15)7-11(16-8)3-5-12-6-4-11/h8,12H,3-7H2,1-2H3,(H,13,15)/b14-10+. The summed E-state index contributed by atoms with van der Waals surface area (Å²) in [4.78, 5) is 10.8. The van der Waals surface area contributed by atoms with Gasteiger partial charge in [-0.15, -0.1) is 0 Å². The molecule has 1 atom stereocenters. The van der Waals surface area contributed by atoms with Gasteiger partial charge < -0.3 is 10.1 Å². The molecule has 2 fully saturated rings. The summed E-state index contributed by atoms with van der Waals surface area (Å²) >= 11 is 0. The third-order valence-corrected chi connectivity index (χ3v) is 3.27. The fourth-order valence-electron chi connectivity index (χ4n) is 2.42. The predicted octanol–water partition coefficient (Wildman–Crippen LogP) is 0.409. The first-order valence-electron chi connectivity index (χ1n) is 5.83. The molecule has 1 spiro atoms. The Bertz CT molecular complexity index is 308. The molecule has 0 saturated carbocycles. The van der Waals surface area contributed by atoms with Crippen molar-refractivity contribution in [1.82, 2.24) is 10.7 Å². The molecule has 2 aliphatic heterocycles. The number of hydrogen-bond donors (Lipinski definition) is 2. The van der Waals surface area contributed by atoms with Crippen LogP contribution in [0.4, 0.5) is 0 Å². The highest BCUT2D eigenvalue weighted by Crippen LogP contribution is 2.35. The number of carbonyl (C=O) groups is 1. The number of nitrogens with zero attached hydrogens (tertiary/aromatic N) is 1. The molecule has 2 N–H and O–H groups in total. The largest absolute Gasteiger partial charge is 0.366 e. The fourth-order valence-corrected chi connectivity index (χ4v) is 2.42. The van der Waals surface area contributed by atoms with Crippen molar-refractivity contribution >= 4 is 11.6 Å². The molecule has 1 amide bonds. The van der Waals surface area contributed by atoms with Crippen molar-refractivity contribution in [2.75, 3.05) is 13.1 Å². The zero-order valence-electron chi connectivity index (χ0n) is 9.88. The maximum atomic E-state index is 10.8. The minimum absolute atomic E-state index is 0.0185. The Hall–Kier alpha value is -0.940. The summed E-state index contributed by atoms with van der Waals surface area (Å²) < 4.78 is 6.01. The van der Waals surface area contributed by atoms with E-state index in [-0.39, 0.29) is 17.6 Å². The normalized spacial score (nSPS) is 30.9. The highest BCUT2D eigenvalue weighted by Gasteiger charge is 2.43. The molecule has 0 aromatic rings. The van der Waals surface area contributed by atoms with Crippen LogP contribution in [0, 0.1) is 0 Å². The lowest BCUT2D eigenvalue weighted by Crippen LogP contribution is -2.41. The van der Waals surface area contributed by atoms with Crippen LogP contribution >= 0.6 is 0 Å². The summed E-state index contributed by atoms with van der Waals surface area (Å²) in [6.07, 6.45) is 2.91. The van der Waals surface area contributed by atoms with Crippen LogP contribution in [-0.2, 0) is 9.53 Å². The van der Waals surface area contributed by atoms with Gasteiger partial charge in [-0.3, -0.25) is 4.79 Å². The molecule has 0 bridgehead atoms. The smallest absolute Gasteiger partial charge is 0.236 e. The molecular weight excluding hydrogens is 206 g/mol. The van der Waals surface area contributed by atoms with Gasteiger partial charge in [0.05, 0.1) is 17.4 Å². The number of piperidine rings is 1. The molecule has 0 aliphatic carbocycles. The first-order valence-corrected chi connectivity index (χ1v) is 5.83. The third-order valence-electron chi connectivity index (χ3n) is 3.27. The zero-order chi connectivity index (χ0) is 11.6. The zero-order valence-corrected chi connectivity index (χ0v) is 9.88. The van der Waals surface area contributed by atoms with Crippen molar-refractivity contribution in [3.05, 3.63) is 0 Å². The lowest BCUT2D eigenvalue weighted by atomic mass is 9.89. The van der Waals surface area contributed by atoms with Crippen LogP contribution in [-0.4, -0.2) is 36.4 Å². The minimum Gasteiger partial charge on any atom is -0.366 e. The molecule has 0 aromatic heterocycles. The van der Waals surface area contributed by atoms with Gasteiger partial charge >= 0.3 is 0 Å². The van der Waals surface area contributed by atoms with Crippen molar-refractivity contribution in [2.45, 2.75) is 44.8 Å². The van der Waals surface area contributed by atoms with Crippen LogP contribution in [0.5, 0.6) is 0 Å². The molecule has 2 aliphatic rings. The summed E-state index contributed by atoms with van der Waals surface area (Å²) in [6.45, 7) is 5.46. The van der Waals surface area contributed by atoms with E-state index < -0.39 is 0 Å². The lowest BCUT2D eigenvalue weighted by molar-refractivity contribution is -0.118. The Balaban J connectivity index is 2.02. The SMILES string of the molecule is CC(=O)N/N=C1\CC2(CCNCC2)OC1C. The van der Waals surface area contributed by atoms with Crippen molar-refractivity contribution in [3.8, 4) is 0 Å². The van der Waals surface area contributed by atoms with Gasteiger partial charge in [0.2, 0.25) is 5.91 Å². The Labute approximate surface area is 95.6 Å². The van der Waals surface area contributed by atoms with E-state index in [1.54, 1.807) is 0 Å². The highest BCUT2D eigenvalue weighted by molar-refractivity contribution is 5.92. The Morgan fingerprint density at radius 1 is 1.56 bits per heavy atom. The van der Waals surface area contributed by atoms with E-state index in [1.807, 2.05) is 6.92 Å². The van der Waals surface area contributed by atoms with Crippen LogP contribution in [0.2, 0.25) is 0 Å². The van der Waals surface area contributed by atoms with Crippen molar-refractivity contribution in [1.29, 1.82) is 0 Å². The van der Waals surface area contributed by atoms with Crippen molar-refractivity contribution in [2.24, 2.45) is 5.10 Å². The van der Waals surface area contributed by atoms with Gasteiger partial charge in [-0.05, 0) is 32.9 Å². The number of rotatable bonds is 1. The molecule has 1 unspecified atom stereocenters. The van der Waals surface area contributed by atoms with Crippen molar-refractivity contribution < 1.29 is 9.53 Å². The molecule has 16 heavy (non-hydrogen) atoms. The van der Waals surface area contributed by atoms with E-state index in [2.05, 4.69) is 15.8 Å². The average molecular weight is 225 g/mol. The maximum absolute atomic E-state index is 10.8. The second kappa shape index (κ2) is 4.51. The van der Waals surface area contributed by atoms with Gasteiger partial charge in [0, 0.05) is 13.3 Å². The molecule has 0 aromatic carbocycles. The minimum atomic E-state index is -0.133. The number of nitrogens with one attached hydrogen (secondary N) is 2. The van der Waals surface area contributed by atoms with E-state index in [1.165, 1.54) is 6.92 Å². The average Bonchev–Trinajstić information content (AvgIpc) is 2.53. The maximum Gasteiger partial charge on any atom is 0.236 e. The molecule has 90 valence electrons. The first kappa shape index (κ1) is 11.5. The first-order chi connectivity index (χ1) is 7.61. The van der Waals surface area contributed by atoms with Crippen LogP contribution < -0.4 is 10.7 Å². The second-order valence-corrected chi connectivity index (χ2v) is 4.64. The fraction of sp³-hybridized carbons (Fsp3) is 0.818. The van der Waals surface area contributed by atoms with Gasteiger partial charge in [-0.25, -0.2) is 5.43 Å². The van der Waals surface area contributed by atoms with E-state index >= 15 is 0 Å². The van der Waals surface area contributed by atoms with Crippen LogP contribution in [0.25, 0.3) is 0 Å². The van der Waals surface area contributed by atoms with Gasteiger partial charge in [-0.1, -0.05) is 0 Å². The Morgan fingerprint density at radius 2 is 2.25 bits per heavy atom. The summed E-state index contributed by atoms with van der Waals surface area (Å²) in [7, 11) is 0. The van der Waals surface area contributed by atoms with E-state index in [9.17, 15) is 4.79 Å². The van der Waals surface area contributed by atoms with E-state index in [0.29, 0.717) is 0 Å². The van der Waals surface area contributed by atoms with Gasteiger partial charge in [-0.2, -0.15) is 5.10 Å². The highest BCUT2D eigenvalue weighted by atomic mass is 16.5. The number of ether oxygens (including phenoxy) is 1. The summed E-state index contributed by atoms with van der Waals surface area (Å²) in [6, 6.07) is 0. The third kappa shape index (κ3) is 2.41. The summed E-state index contributed by atoms with van der Waals surface area (Å²) in [5, 5.41) is 7.45. The summed E-state index contributed by atoms with van der Waals surface area (Å²) in [5.74, 6) is -0.133. The molecule has 0 radical (unpaired) electrons. The number of amides is 1. The van der Waals surface area contributed by atoms with Gasteiger partial charge in [0.25, 0.3) is 0 Å².